The second-order valence-corrected chi connectivity index (χ2v) is 12.4. The number of halogens is 4. The van der Waals surface area contributed by atoms with Crippen LogP contribution in [0.4, 0.5) is 30.4 Å². The number of hydrogen-bond acceptors (Lipinski definition) is 8. The number of nitrogens with one attached hydrogen (secondary N) is 4. The van der Waals surface area contributed by atoms with Crippen LogP contribution in [0, 0.1) is 0 Å². The molecule has 244 valence electrons. The lowest BCUT2D eigenvalue weighted by Gasteiger charge is -2.23. The third kappa shape index (κ3) is 7.26. The second kappa shape index (κ2) is 13.2. The van der Waals surface area contributed by atoms with Gasteiger partial charge in [0, 0.05) is 54.5 Å². The number of rotatable bonds is 6. The van der Waals surface area contributed by atoms with Gasteiger partial charge in [0.2, 0.25) is 0 Å². The zero-order valence-electron chi connectivity index (χ0n) is 25.0. The lowest BCUT2D eigenvalue weighted by Crippen LogP contribution is -2.33. The Morgan fingerprint density at radius 1 is 0.809 bits per heavy atom. The van der Waals surface area contributed by atoms with Crippen LogP contribution in [0.3, 0.4) is 0 Å². The Hall–Kier alpha value is -4.07. The Balaban J connectivity index is 0.000000153. The molecule has 0 spiro atoms. The molecule has 1 amide bonds. The van der Waals surface area contributed by atoms with E-state index < -0.39 is 17.8 Å². The minimum atomic E-state index is -4.59. The summed E-state index contributed by atoms with van der Waals surface area (Å²) in [5, 5.41) is 13.4. The average Bonchev–Trinajstić information content (AvgIpc) is 3.90. The maximum Gasteiger partial charge on any atom is 0.433 e. The molecule has 4 fully saturated rings. The summed E-state index contributed by atoms with van der Waals surface area (Å²) in [7, 11) is 0. The van der Waals surface area contributed by atoms with Gasteiger partial charge in [0.05, 0.1) is 29.4 Å². The zero-order valence-corrected chi connectivity index (χ0v) is 25.8. The molecule has 8 rings (SSSR count). The number of anilines is 3. The van der Waals surface area contributed by atoms with Gasteiger partial charge in [-0.1, -0.05) is 35.9 Å². The molecule has 0 aliphatic carbocycles. The number of hydrogen-bond donors (Lipinski definition) is 4. The quantitative estimate of drug-likeness (QED) is 0.187. The highest BCUT2D eigenvalue weighted by molar-refractivity contribution is 6.30. The smallest absolute Gasteiger partial charge is 0.367 e. The van der Waals surface area contributed by atoms with Crippen molar-refractivity contribution in [1.82, 2.24) is 20.6 Å². The van der Waals surface area contributed by atoms with Crippen molar-refractivity contribution >= 4 is 34.7 Å². The highest BCUT2D eigenvalue weighted by Crippen LogP contribution is 2.38. The van der Waals surface area contributed by atoms with Crippen LogP contribution in [0.25, 0.3) is 0 Å². The van der Waals surface area contributed by atoms with Crippen molar-refractivity contribution in [3.8, 4) is 0 Å². The van der Waals surface area contributed by atoms with Gasteiger partial charge in [-0.2, -0.15) is 13.2 Å². The Morgan fingerprint density at radius 2 is 1.40 bits per heavy atom. The number of pyridine rings is 2. The minimum absolute atomic E-state index is 0.00644. The number of nitrogens with zero attached hydrogens (tertiary/aromatic N) is 2. The molecule has 2 aromatic heterocycles. The van der Waals surface area contributed by atoms with Gasteiger partial charge in [0.25, 0.3) is 5.91 Å². The Bertz CT molecular complexity index is 1710. The summed E-state index contributed by atoms with van der Waals surface area (Å²) in [6, 6.07) is 21.9. The zero-order chi connectivity index (χ0) is 32.5. The van der Waals surface area contributed by atoms with Crippen molar-refractivity contribution in [3.63, 3.8) is 0 Å². The van der Waals surface area contributed by atoms with Gasteiger partial charge >= 0.3 is 6.18 Å². The summed E-state index contributed by atoms with van der Waals surface area (Å²) in [5.41, 5.74) is 2.54. The standard InChI is InChI=1S/C18H16F3N3O2.C16H16ClN3O/c19-18(20,21)15-7-11(5-6-22-15)17(25)24-12-3-1-10(2-4-12)16-14-8-13(26-16)9-23-14;17-11-3-6-15(19-8-11)20-12-4-1-10(2-5-12)16-14-7-13(21-16)9-18-14/h1-7,13-14,16,23H,8-9H2,(H,24,25);1-6,8,13-14,16,18H,7,9H2,(H,19,20)/t2*13-,14-,16+/m01/s1. The lowest BCUT2D eigenvalue weighted by molar-refractivity contribution is -0.141. The van der Waals surface area contributed by atoms with Crippen LogP contribution in [0.5, 0.6) is 0 Å². The summed E-state index contributed by atoms with van der Waals surface area (Å²) in [5.74, 6) is 0.161. The molecular formula is C34H32ClF3N6O3. The highest BCUT2D eigenvalue weighted by atomic mass is 35.5. The van der Waals surface area contributed by atoms with E-state index in [1.807, 2.05) is 24.3 Å². The number of ether oxygens (including phenoxy) is 2. The Morgan fingerprint density at radius 3 is 1.89 bits per heavy atom. The molecule has 4 aromatic rings. The van der Waals surface area contributed by atoms with Gasteiger partial charge in [0.15, 0.2) is 0 Å². The van der Waals surface area contributed by atoms with Crippen molar-refractivity contribution in [2.24, 2.45) is 0 Å². The van der Waals surface area contributed by atoms with Crippen molar-refractivity contribution in [2.45, 2.75) is 55.5 Å². The van der Waals surface area contributed by atoms with Crippen LogP contribution in [0.15, 0.2) is 85.2 Å². The van der Waals surface area contributed by atoms with E-state index in [0.29, 0.717) is 28.9 Å². The van der Waals surface area contributed by atoms with Crippen LogP contribution in [0.1, 0.15) is 52.2 Å². The van der Waals surface area contributed by atoms with Crippen LogP contribution < -0.4 is 21.3 Å². The first-order valence-corrected chi connectivity index (χ1v) is 15.8. The average molecular weight is 665 g/mol. The third-order valence-electron chi connectivity index (χ3n) is 8.71. The van der Waals surface area contributed by atoms with E-state index >= 15 is 0 Å². The van der Waals surface area contributed by atoms with Crippen LogP contribution in [-0.4, -0.2) is 53.3 Å². The van der Waals surface area contributed by atoms with E-state index in [-0.39, 0.29) is 23.9 Å². The van der Waals surface area contributed by atoms with E-state index in [9.17, 15) is 18.0 Å². The predicted molar refractivity (Wildman–Crippen MR) is 171 cm³/mol. The summed E-state index contributed by atoms with van der Waals surface area (Å²) in [6.07, 6.45) is 0.945. The predicted octanol–water partition coefficient (Wildman–Crippen LogP) is 6.43. The molecule has 13 heteroatoms. The van der Waals surface area contributed by atoms with Crippen LogP contribution in [0.2, 0.25) is 5.02 Å². The number of carbonyl (C=O) groups is 1. The van der Waals surface area contributed by atoms with Gasteiger partial charge in [-0.3, -0.25) is 9.78 Å². The first kappa shape index (κ1) is 31.5. The highest BCUT2D eigenvalue weighted by Gasteiger charge is 2.42. The number of morpholine rings is 2. The number of fused-ring (bicyclic) bond motifs is 4. The van der Waals surface area contributed by atoms with Crippen molar-refractivity contribution in [2.75, 3.05) is 23.7 Å². The Labute approximate surface area is 274 Å². The Kier molecular flexibility index (Phi) is 8.86. The van der Waals surface area contributed by atoms with Gasteiger partial charge in [-0.25, -0.2) is 4.98 Å². The summed E-state index contributed by atoms with van der Waals surface area (Å²) in [6.45, 7) is 1.87. The topological polar surface area (TPSA) is 109 Å². The molecule has 4 bridgehead atoms. The number of benzene rings is 2. The number of amides is 1. The summed E-state index contributed by atoms with van der Waals surface area (Å²) >= 11 is 5.83. The van der Waals surface area contributed by atoms with Gasteiger partial charge in [-0.15, -0.1) is 0 Å². The van der Waals surface area contributed by atoms with E-state index in [2.05, 4.69) is 55.5 Å². The van der Waals surface area contributed by atoms with E-state index in [1.165, 1.54) is 11.6 Å². The van der Waals surface area contributed by atoms with Gasteiger partial charge < -0.3 is 30.7 Å². The third-order valence-corrected chi connectivity index (χ3v) is 8.93. The first-order valence-electron chi connectivity index (χ1n) is 15.4. The van der Waals surface area contributed by atoms with E-state index in [0.717, 1.165) is 55.3 Å². The number of carbonyl (C=O) groups excluding carboxylic acids is 1. The molecule has 0 unspecified atom stereocenters. The molecule has 4 N–H and O–H groups in total. The fourth-order valence-corrected chi connectivity index (χ4v) is 6.51. The number of aromatic nitrogens is 2. The molecule has 0 radical (unpaired) electrons. The molecule has 6 heterocycles. The maximum atomic E-state index is 12.7. The first-order chi connectivity index (χ1) is 22.7. The lowest BCUT2D eigenvalue weighted by atomic mass is 10.0. The fourth-order valence-electron chi connectivity index (χ4n) is 6.40. The maximum absolute atomic E-state index is 12.7. The fraction of sp³-hybridized carbons (Fsp3) is 0.324. The summed E-state index contributed by atoms with van der Waals surface area (Å²) in [4.78, 5) is 19.7. The number of alkyl halides is 3. The monoisotopic (exact) mass is 664 g/mol. The SMILES string of the molecule is Clc1ccc(Nc2ccc([C@@H]3O[C@H]4CN[C@@H]3C4)cc2)nc1.O=C(Nc1ccc([C@H]2O[C@@H]3CN[C@H]2C3)cc1)c1ccnc(C(F)(F)F)c1. The molecule has 4 aliphatic heterocycles. The van der Waals surface area contributed by atoms with Crippen LogP contribution >= 0.6 is 11.6 Å². The molecule has 9 nitrogen and oxygen atoms in total. The van der Waals surface area contributed by atoms with E-state index in [1.54, 1.807) is 18.3 Å². The van der Waals surface area contributed by atoms with Crippen molar-refractivity contribution in [1.29, 1.82) is 0 Å². The minimum Gasteiger partial charge on any atom is -0.367 e. The molecule has 2 aromatic carbocycles. The molecule has 4 aliphatic rings. The van der Waals surface area contributed by atoms with E-state index in [4.69, 9.17) is 21.1 Å². The van der Waals surface area contributed by atoms with Crippen LogP contribution in [-0.2, 0) is 15.7 Å². The normalized spacial score (nSPS) is 25.7. The van der Waals surface area contributed by atoms with Gasteiger partial charge in [-0.05, 0) is 72.5 Å². The second-order valence-electron chi connectivity index (χ2n) is 12.0. The molecular weight excluding hydrogens is 633 g/mol. The van der Waals surface area contributed by atoms with Crippen molar-refractivity contribution in [3.05, 3.63) is 113 Å². The molecule has 6 atom stereocenters. The summed E-state index contributed by atoms with van der Waals surface area (Å²) < 4.78 is 50.0. The van der Waals surface area contributed by atoms with Gasteiger partial charge in [0.1, 0.15) is 11.5 Å². The molecule has 47 heavy (non-hydrogen) atoms. The molecule has 0 saturated carbocycles. The largest absolute Gasteiger partial charge is 0.433 e. The van der Waals surface area contributed by atoms with Crippen molar-refractivity contribution < 1.29 is 27.4 Å². The molecule has 4 saturated heterocycles.